The van der Waals surface area contributed by atoms with Crippen LogP contribution in [0.5, 0.6) is 17.4 Å². The maximum Gasteiger partial charge on any atom is 0.245 e. The normalized spacial score (nSPS) is 16.0. The number of rotatable bonds is 11. The molecule has 0 radical (unpaired) electrons. The van der Waals surface area contributed by atoms with Crippen molar-refractivity contribution in [2.45, 2.75) is 49.6 Å². The monoisotopic (exact) mass is 653 g/mol. The van der Waals surface area contributed by atoms with E-state index < -0.39 is 15.6 Å². The van der Waals surface area contributed by atoms with E-state index in [2.05, 4.69) is 31.0 Å². The highest BCUT2D eigenvalue weighted by atomic mass is 79.9. The lowest BCUT2D eigenvalue weighted by Gasteiger charge is -2.20. The van der Waals surface area contributed by atoms with Crippen LogP contribution in [0.25, 0.3) is 0 Å². The fourth-order valence-corrected chi connectivity index (χ4v) is 6.78. The van der Waals surface area contributed by atoms with Gasteiger partial charge in [0.05, 0.1) is 21.8 Å². The molecule has 0 atom stereocenters. The first-order valence-corrected chi connectivity index (χ1v) is 15.4. The molecule has 2 aliphatic carbocycles. The van der Waals surface area contributed by atoms with Gasteiger partial charge in [0.15, 0.2) is 11.5 Å². The molecule has 3 aromatic rings. The average Bonchev–Trinajstić information content (AvgIpc) is 3.81. The van der Waals surface area contributed by atoms with Gasteiger partial charge in [-0.2, -0.15) is 0 Å². The first-order valence-electron chi connectivity index (χ1n) is 12.4. The Morgan fingerprint density at radius 2 is 1.79 bits per heavy atom. The summed E-state index contributed by atoms with van der Waals surface area (Å²) in [5.41, 5.74) is 1.22. The fraction of sp³-hybridized carbons (Fsp3) is 0.333. The van der Waals surface area contributed by atoms with Crippen LogP contribution >= 0.6 is 39.1 Å². The quantitative estimate of drug-likeness (QED) is 0.256. The Hall–Kier alpha value is -2.37. The number of aromatic nitrogens is 1. The smallest absolute Gasteiger partial charge is 0.245 e. The Bertz CT molecular complexity index is 1490. The zero-order valence-electron chi connectivity index (χ0n) is 21.0. The number of sulfonamides is 1. The second kappa shape index (κ2) is 11.2. The Morgan fingerprint density at radius 1 is 1.13 bits per heavy atom. The summed E-state index contributed by atoms with van der Waals surface area (Å²) in [6, 6.07) is 12.2. The highest BCUT2D eigenvalue weighted by Gasteiger charge is 2.47. The maximum atomic E-state index is 13.7. The molecule has 2 aliphatic rings. The average molecular weight is 655 g/mol. The molecule has 0 saturated heterocycles. The SMILES string of the molecule is Cc1ccc(COc2cnc(Oc3c(Cl)cc(Br)cc3Cl)cc2S(=O)(=O)NC2(CNC(=O)C3CC3)CC2)cc1. The number of nitrogens with zero attached hydrogens (tertiary/aromatic N) is 1. The van der Waals surface area contributed by atoms with Crippen molar-refractivity contribution >= 4 is 55.1 Å². The van der Waals surface area contributed by atoms with Crippen molar-refractivity contribution in [2.24, 2.45) is 5.92 Å². The van der Waals surface area contributed by atoms with Crippen LogP contribution in [-0.2, 0) is 21.4 Å². The van der Waals surface area contributed by atoms with Gasteiger partial charge < -0.3 is 14.8 Å². The van der Waals surface area contributed by atoms with E-state index in [1.54, 1.807) is 12.1 Å². The topological polar surface area (TPSA) is 107 Å². The van der Waals surface area contributed by atoms with Gasteiger partial charge in [0.1, 0.15) is 11.5 Å². The molecule has 0 aliphatic heterocycles. The molecule has 2 saturated carbocycles. The van der Waals surface area contributed by atoms with Crippen molar-refractivity contribution in [3.63, 3.8) is 0 Å². The van der Waals surface area contributed by atoms with Crippen LogP contribution in [0.4, 0.5) is 0 Å². The summed E-state index contributed by atoms with van der Waals surface area (Å²) in [4.78, 5) is 16.2. The van der Waals surface area contributed by atoms with E-state index in [1.807, 2.05) is 31.2 Å². The van der Waals surface area contributed by atoms with E-state index in [-0.39, 0.29) is 57.3 Å². The number of amides is 1. The van der Waals surface area contributed by atoms with Gasteiger partial charge in [-0.05, 0) is 50.3 Å². The third kappa shape index (κ3) is 7.05. The highest BCUT2D eigenvalue weighted by Crippen LogP contribution is 2.41. The van der Waals surface area contributed by atoms with Crippen LogP contribution in [0.15, 0.2) is 58.0 Å². The van der Waals surface area contributed by atoms with Crippen LogP contribution in [-0.4, -0.2) is 31.4 Å². The molecule has 8 nitrogen and oxygen atoms in total. The Labute approximate surface area is 245 Å². The summed E-state index contributed by atoms with van der Waals surface area (Å²) in [5.74, 6) is 0.166. The fourth-order valence-electron chi connectivity index (χ4n) is 3.91. The van der Waals surface area contributed by atoms with Crippen LogP contribution in [0.2, 0.25) is 10.0 Å². The van der Waals surface area contributed by atoms with Gasteiger partial charge >= 0.3 is 0 Å². The second-order valence-electron chi connectivity index (χ2n) is 9.92. The van der Waals surface area contributed by atoms with Crippen molar-refractivity contribution in [3.8, 4) is 17.4 Å². The Kier molecular flexibility index (Phi) is 8.13. The molecular formula is C27H26BrCl2N3O5S. The summed E-state index contributed by atoms with van der Waals surface area (Å²) >= 11 is 15.9. The minimum atomic E-state index is -4.11. The molecule has 12 heteroatoms. The second-order valence-corrected chi connectivity index (χ2v) is 13.3. The van der Waals surface area contributed by atoms with Crippen LogP contribution in [0.1, 0.15) is 36.8 Å². The van der Waals surface area contributed by atoms with Crippen molar-refractivity contribution in [3.05, 3.63) is 74.3 Å². The van der Waals surface area contributed by atoms with Gasteiger partial charge in [-0.1, -0.05) is 69.0 Å². The number of pyridine rings is 1. The van der Waals surface area contributed by atoms with E-state index in [4.69, 9.17) is 32.7 Å². The number of halogens is 3. The number of hydrogen-bond acceptors (Lipinski definition) is 6. The molecule has 1 heterocycles. The predicted molar refractivity (Wildman–Crippen MR) is 152 cm³/mol. The van der Waals surface area contributed by atoms with Crippen LogP contribution < -0.4 is 19.5 Å². The molecule has 0 spiro atoms. The number of aryl methyl sites for hydroxylation is 1. The molecule has 2 aromatic carbocycles. The van der Waals surface area contributed by atoms with Crippen molar-refractivity contribution in [2.75, 3.05) is 6.54 Å². The van der Waals surface area contributed by atoms with E-state index in [0.717, 1.165) is 24.0 Å². The number of benzene rings is 2. The summed E-state index contributed by atoms with van der Waals surface area (Å²) < 4.78 is 42.6. The number of ether oxygens (including phenoxy) is 2. The van der Waals surface area contributed by atoms with Gasteiger partial charge in [0, 0.05) is 23.0 Å². The van der Waals surface area contributed by atoms with Crippen molar-refractivity contribution in [1.82, 2.24) is 15.0 Å². The zero-order chi connectivity index (χ0) is 27.8. The lowest BCUT2D eigenvalue weighted by molar-refractivity contribution is -0.122. The standard InChI is InChI=1S/C27H26BrCl2N3O5S/c1-16-2-4-17(5-3-16)14-37-22-13-31-24(38-25-20(29)10-19(28)11-21(25)30)12-23(22)39(35,36)33-27(8-9-27)15-32-26(34)18-6-7-18/h2-5,10-13,18,33H,6-9,14-15H2,1H3,(H,32,34). The van der Waals surface area contributed by atoms with Gasteiger partial charge in [0.2, 0.25) is 21.8 Å². The lowest BCUT2D eigenvalue weighted by atomic mass is 10.2. The maximum absolute atomic E-state index is 13.7. The minimum Gasteiger partial charge on any atom is -0.486 e. The molecule has 2 N–H and O–H groups in total. The summed E-state index contributed by atoms with van der Waals surface area (Å²) in [6.07, 6.45) is 4.26. The Morgan fingerprint density at radius 3 is 2.41 bits per heavy atom. The zero-order valence-corrected chi connectivity index (χ0v) is 24.9. The number of carbonyl (C=O) groups excluding carboxylic acids is 1. The van der Waals surface area contributed by atoms with E-state index in [0.29, 0.717) is 17.3 Å². The van der Waals surface area contributed by atoms with Crippen molar-refractivity contribution in [1.29, 1.82) is 0 Å². The number of nitrogens with one attached hydrogen (secondary N) is 2. The lowest BCUT2D eigenvalue weighted by Crippen LogP contribution is -2.46. The molecule has 0 bridgehead atoms. The van der Waals surface area contributed by atoms with E-state index >= 15 is 0 Å². The first-order chi connectivity index (χ1) is 18.5. The summed E-state index contributed by atoms with van der Waals surface area (Å²) in [5, 5.41) is 3.33. The van der Waals surface area contributed by atoms with Gasteiger partial charge in [0.25, 0.3) is 0 Å². The summed E-state index contributed by atoms with van der Waals surface area (Å²) in [7, 11) is -4.11. The molecule has 39 heavy (non-hydrogen) atoms. The number of carbonyl (C=O) groups is 1. The van der Waals surface area contributed by atoms with Crippen LogP contribution in [0.3, 0.4) is 0 Å². The summed E-state index contributed by atoms with van der Waals surface area (Å²) in [6.45, 7) is 2.34. The van der Waals surface area contributed by atoms with Gasteiger partial charge in [-0.25, -0.2) is 18.1 Å². The third-order valence-electron chi connectivity index (χ3n) is 6.53. The molecule has 2 fully saturated rings. The van der Waals surface area contributed by atoms with E-state index in [9.17, 15) is 13.2 Å². The molecule has 1 amide bonds. The van der Waals surface area contributed by atoms with E-state index in [1.165, 1.54) is 12.3 Å². The largest absolute Gasteiger partial charge is 0.486 e. The molecule has 206 valence electrons. The molecule has 5 rings (SSSR count). The predicted octanol–water partition coefficient (Wildman–Crippen LogP) is 6.17. The molecule has 0 unspecified atom stereocenters. The minimum absolute atomic E-state index is 0.0314. The third-order valence-corrected chi connectivity index (χ3v) is 9.15. The van der Waals surface area contributed by atoms with Crippen molar-refractivity contribution < 1.29 is 22.7 Å². The molecular weight excluding hydrogens is 629 g/mol. The molecule has 1 aromatic heterocycles. The van der Waals surface area contributed by atoms with Gasteiger partial charge in [-0.15, -0.1) is 0 Å². The Balaban J connectivity index is 1.41. The first kappa shape index (κ1) is 28.2. The highest BCUT2D eigenvalue weighted by molar-refractivity contribution is 9.10. The number of hydrogen-bond donors (Lipinski definition) is 2. The van der Waals surface area contributed by atoms with Gasteiger partial charge in [-0.3, -0.25) is 4.79 Å². The van der Waals surface area contributed by atoms with Crippen LogP contribution in [0, 0.1) is 12.8 Å².